The lowest BCUT2D eigenvalue weighted by molar-refractivity contribution is -0.129. The van der Waals surface area contributed by atoms with Crippen molar-refractivity contribution in [3.63, 3.8) is 0 Å². The van der Waals surface area contributed by atoms with E-state index in [4.69, 9.17) is 5.11 Å². The van der Waals surface area contributed by atoms with Gasteiger partial charge in [-0.15, -0.1) is 0 Å². The second kappa shape index (κ2) is 6.40. The molecule has 0 aliphatic rings. The molecule has 0 bridgehead atoms. The maximum atomic E-state index is 11.9. The van der Waals surface area contributed by atoms with E-state index < -0.39 is 23.4 Å². The number of hydrogen-bond acceptors (Lipinski definition) is 5. The number of carboxylic acids is 1. The van der Waals surface area contributed by atoms with Gasteiger partial charge in [-0.05, 0) is 12.1 Å². The predicted octanol–water partition coefficient (Wildman–Crippen LogP) is 1.32. The Morgan fingerprint density at radius 2 is 1.64 bits per heavy atom. The van der Waals surface area contributed by atoms with E-state index in [1.807, 2.05) is 5.43 Å². The molecule has 0 saturated carbocycles. The summed E-state index contributed by atoms with van der Waals surface area (Å²) in [6.07, 6.45) is 0. The van der Waals surface area contributed by atoms with Crippen molar-refractivity contribution in [3.8, 4) is 11.5 Å². The monoisotopic (exact) mass is 300 g/mol. The number of carbonyl (C=O) groups excluding carboxylic acids is 1. The number of aromatic hydroxyl groups is 2. The van der Waals surface area contributed by atoms with Crippen LogP contribution in [0.5, 0.6) is 11.5 Å². The number of benzene rings is 2. The molecule has 22 heavy (non-hydrogen) atoms. The number of nitrogens with one attached hydrogen (secondary N) is 1. The Hall–Kier alpha value is -3.35. The van der Waals surface area contributed by atoms with Gasteiger partial charge in [0.2, 0.25) is 0 Å². The number of carboxylic acid groups (broad SMARTS) is 1. The first kappa shape index (κ1) is 15.0. The topological polar surface area (TPSA) is 119 Å². The molecule has 0 radical (unpaired) electrons. The van der Waals surface area contributed by atoms with Crippen LogP contribution in [0.4, 0.5) is 0 Å². The SMILES string of the molecule is O=C(O)/C(=N/NC(=O)c1cccc(O)c1O)c1ccccc1. The van der Waals surface area contributed by atoms with Crippen molar-refractivity contribution in [3.05, 3.63) is 59.7 Å². The van der Waals surface area contributed by atoms with Gasteiger partial charge in [0, 0.05) is 5.56 Å². The lowest BCUT2D eigenvalue weighted by Crippen LogP contribution is -2.24. The summed E-state index contributed by atoms with van der Waals surface area (Å²) in [6.45, 7) is 0. The summed E-state index contributed by atoms with van der Waals surface area (Å²) in [5.41, 5.74) is 1.79. The molecule has 4 N–H and O–H groups in total. The largest absolute Gasteiger partial charge is 0.504 e. The van der Waals surface area contributed by atoms with Gasteiger partial charge in [-0.2, -0.15) is 5.10 Å². The van der Waals surface area contributed by atoms with Gasteiger partial charge in [0.05, 0.1) is 5.56 Å². The number of hydrazone groups is 1. The Balaban J connectivity index is 2.27. The van der Waals surface area contributed by atoms with Crippen molar-refractivity contribution in [1.82, 2.24) is 5.43 Å². The molecule has 0 aliphatic heterocycles. The van der Waals surface area contributed by atoms with Gasteiger partial charge >= 0.3 is 5.97 Å². The van der Waals surface area contributed by atoms with Crippen LogP contribution in [0.25, 0.3) is 0 Å². The van der Waals surface area contributed by atoms with Crippen molar-refractivity contribution in [2.45, 2.75) is 0 Å². The van der Waals surface area contributed by atoms with E-state index in [9.17, 15) is 19.8 Å². The summed E-state index contributed by atoms with van der Waals surface area (Å²) in [5.74, 6) is -3.22. The summed E-state index contributed by atoms with van der Waals surface area (Å²) >= 11 is 0. The number of phenolic OH excluding ortho intramolecular Hbond substituents is 2. The van der Waals surface area contributed by atoms with Crippen LogP contribution in [0.2, 0.25) is 0 Å². The van der Waals surface area contributed by atoms with Gasteiger partial charge in [-0.3, -0.25) is 4.79 Å². The number of amides is 1. The van der Waals surface area contributed by atoms with Crippen molar-refractivity contribution >= 4 is 17.6 Å². The lowest BCUT2D eigenvalue weighted by Gasteiger charge is -2.06. The van der Waals surface area contributed by atoms with E-state index in [2.05, 4.69) is 5.10 Å². The zero-order valence-corrected chi connectivity index (χ0v) is 11.2. The first-order valence-corrected chi connectivity index (χ1v) is 6.18. The predicted molar refractivity (Wildman–Crippen MR) is 77.9 cm³/mol. The molecule has 2 aromatic rings. The quantitative estimate of drug-likeness (QED) is 0.385. The van der Waals surface area contributed by atoms with Crippen LogP contribution in [0.1, 0.15) is 15.9 Å². The minimum atomic E-state index is -1.31. The Morgan fingerprint density at radius 1 is 0.955 bits per heavy atom. The van der Waals surface area contributed by atoms with E-state index in [1.54, 1.807) is 18.2 Å². The molecular weight excluding hydrogens is 288 g/mol. The molecule has 7 nitrogen and oxygen atoms in total. The average molecular weight is 300 g/mol. The minimum absolute atomic E-state index is 0.221. The molecule has 112 valence electrons. The Kier molecular flexibility index (Phi) is 4.38. The number of hydrogen-bond donors (Lipinski definition) is 4. The number of aliphatic carboxylic acids is 1. The highest BCUT2D eigenvalue weighted by molar-refractivity contribution is 6.42. The third-order valence-electron chi connectivity index (χ3n) is 2.78. The van der Waals surface area contributed by atoms with Crippen LogP contribution in [0, 0.1) is 0 Å². The van der Waals surface area contributed by atoms with Gasteiger partial charge in [-0.25, -0.2) is 10.2 Å². The van der Waals surface area contributed by atoms with E-state index in [1.165, 1.54) is 30.3 Å². The molecule has 2 rings (SSSR count). The average Bonchev–Trinajstić information content (AvgIpc) is 2.50. The van der Waals surface area contributed by atoms with Crippen LogP contribution in [0.15, 0.2) is 53.6 Å². The third kappa shape index (κ3) is 3.21. The fourth-order valence-corrected chi connectivity index (χ4v) is 1.71. The number of para-hydroxylation sites is 1. The Bertz CT molecular complexity index is 741. The lowest BCUT2D eigenvalue weighted by atomic mass is 10.1. The fraction of sp³-hybridized carbons (Fsp3) is 0. The van der Waals surface area contributed by atoms with E-state index in [-0.39, 0.29) is 11.3 Å². The van der Waals surface area contributed by atoms with Crippen LogP contribution in [0.3, 0.4) is 0 Å². The van der Waals surface area contributed by atoms with E-state index in [0.29, 0.717) is 5.56 Å². The van der Waals surface area contributed by atoms with Crippen molar-refractivity contribution in [2.75, 3.05) is 0 Å². The number of phenols is 2. The normalized spacial score (nSPS) is 11.0. The minimum Gasteiger partial charge on any atom is -0.504 e. The highest BCUT2D eigenvalue weighted by Crippen LogP contribution is 2.27. The van der Waals surface area contributed by atoms with Crippen molar-refractivity contribution < 1.29 is 24.9 Å². The van der Waals surface area contributed by atoms with Gasteiger partial charge < -0.3 is 15.3 Å². The Morgan fingerprint density at radius 3 is 2.27 bits per heavy atom. The zero-order valence-electron chi connectivity index (χ0n) is 11.2. The van der Waals surface area contributed by atoms with Gasteiger partial charge in [0.1, 0.15) is 0 Å². The van der Waals surface area contributed by atoms with E-state index >= 15 is 0 Å². The second-order valence-corrected chi connectivity index (χ2v) is 4.25. The second-order valence-electron chi connectivity index (χ2n) is 4.25. The molecule has 0 atom stereocenters. The first-order chi connectivity index (χ1) is 10.5. The molecule has 0 saturated heterocycles. The van der Waals surface area contributed by atoms with Gasteiger partial charge in [0.15, 0.2) is 17.2 Å². The first-order valence-electron chi connectivity index (χ1n) is 6.18. The van der Waals surface area contributed by atoms with Crippen LogP contribution in [-0.4, -0.2) is 32.9 Å². The molecule has 0 spiro atoms. The maximum absolute atomic E-state index is 11.9. The summed E-state index contributed by atoms with van der Waals surface area (Å²) in [6, 6.07) is 11.9. The molecule has 0 fully saturated rings. The molecular formula is C15H12N2O5. The number of nitrogens with zero attached hydrogens (tertiary/aromatic N) is 1. The molecule has 1 amide bonds. The van der Waals surface area contributed by atoms with Crippen LogP contribution in [-0.2, 0) is 4.79 Å². The molecule has 0 heterocycles. The number of rotatable bonds is 4. The van der Waals surface area contributed by atoms with Gasteiger partial charge in [-0.1, -0.05) is 36.4 Å². The van der Waals surface area contributed by atoms with Crippen LogP contribution >= 0.6 is 0 Å². The summed E-state index contributed by atoms with van der Waals surface area (Å²) in [4.78, 5) is 23.1. The number of carbonyl (C=O) groups is 2. The summed E-state index contributed by atoms with van der Waals surface area (Å²) < 4.78 is 0. The molecule has 0 aliphatic carbocycles. The van der Waals surface area contributed by atoms with Crippen molar-refractivity contribution in [2.24, 2.45) is 5.10 Å². The molecule has 0 aromatic heterocycles. The van der Waals surface area contributed by atoms with E-state index in [0.717, 1.165) is 0 Å². The summed E-state index contributed by atoms with van der Waals surface area (Å²) in [7, 11) is 0. The zero-order chi connectivity index (χ0) is 16.1. The standard InChI is InChI=1S/C15H12N2O5/c18-11-8-4-7-10(13(11)19)14(20)17-16-12(15(21)22)9-5-2-1-3-6-9/h1-8,18-19H,(H,17,20)(H,21,22)/b16-12+. The fourth-order valence-electron chi connectivity index (χ4n) is 1.71. The smallest absolute Gasteiger partial charge is 0.356 e. The maximum Gasteiger partial charge on any atom is 0.356 e. The third-order valence-corrected chi connectivity index (χ3v) is 2.78. The molecule has 2 aromatic carbocycles. The molecule has 0 unspecified atom stereocenters. The molecule has 7 heteroatoms. The van der Waals surface area contributed by atoms with Crippen LogP contribution < -0.4 is 5.43 Å². The van der Waals surface area contributed by atoms with Gasteiger partial charge in [0.25, 0.3) is 5.91 Å². The summed E-state index contributed by atoms with van der Waals surface area (Å²) in [5, 5.41) is 31.6. The Labute approximate surface area is 125 Å². The highest BCUT2D eigenvalue weighted by Gasteiger charge is 2.16. The van der Waals surface area contributed by atoms with Crippen molar-refractivity contribution in [1.29, 1.82) is 0 Å². The highest BCUT2D eigenvalue weighted by atomic mass is 16.4.